The topological polar surface area (TPSA) is 39.1 Å². The quantitative estimate of drug-likeness (QED) is 0.863. The molecule has 1 aromatic carbocycles. The van der Waals surface area contributed by atoms with E-state index in [4.69, 9.17) is 4.74 Å². The van der Waals surface area contributed by atoms with E-state index in [0.717, 1.165) is 28.3 Å². The Morgan fingerprint density at radius 3 is 2.72 bits per heavy atom. The highest BCUT2D eigenvalue weighted by atomic mass is 79.9. The van der Waals surface area contributed by atoms with Crippen LogP contribution in [0.5, 0.6) is 0 Å². The van der Waals surface area contributed by atoms with E-state index in [2.05, 4.69) is 26.2 Å². The number of nitrogens with zero attached hydrogens (tertiary/aromatic N) is 2. The number of halogens is 1. The number of anilines is 1. The van der Waals surface area contributed by atoms with Gasteiger partial charge in [-0.2, -0.15) is 0 Å². The van der Waals surface area contributed by atoms with Crippen LogP contribution in [0.4, 0.5) is 5.95 Å². The van der Waals surface area contributed by atoms with Crippen molar-refractivity contribution in [1.82, 2.24) is 9.55 Å². The van der Waals surface area contributed by atoms with Crippen LogP contribution in [0.2, 0.25) is 0 Å². The van der Waals surface area contributed by atoms with Gasteiger partial charge in [-0.1, -0.05) is 15.9 Å². The number of benzene rings is 1. The Morgan fingerprint density at radius 1 is 1.33 bits per heavy atom. The largest absolute Gasteiger partial charge is 0.383 e. The monoisotopic (exact) mass is 309 g/mol. The average molecular weight is 310 g/mol. The summed E-state index contributed by atoms with van der Waals surface area (Å²) in [6, 6.07) is 8.13. The van der Waals surface area contributed by atoms with Gasteiger partial charge in [0.15, 0.2) is 0 Å². The van der Waals surface area contributed by atoms with Gasteiger partial charge in [0.25, 0.3) is 0 Å². The molecule has 18 heavy (non-hydrogen) atoms. The molecule has 0 aliphatic carbocycles. The first-order valence-corrected chi connectivity index (χ1v) is 6.55. The van der Waals surface area contributed by atoms with Gasteiger partial charge in [-0.25, -0.2) is 4.98 Å². The fraction of sp³-hybridized carbons (Fsp3) is 0.308. The Morgan fingerprint density at radius 2 is 2.06 bits per heavy atom. The molecule has 0 amide bonds. The highest BCUT2D eigenvalue weighted by Crippen LogP contribution is 2.18. The van der Waals surface area contributed by atoms with Crippen LogP contribution in [0.1, 0.15) is 5.69 Å². The molecular formula is C13H16BrN3O. The molecule has 2 rings (SSSR count). The first-order chi connectivity index (χ1) is 8.70. The highest BCUT2D eigenvalue weighted by molar-refractivity contribution is 9.10. The first kappa shape index (κ1) is 13.1. The molecule has 0 radical (unpaired) electrons. The molecule has 1 aromatic heterocycles. The Balaban J connectivity index is 2.23. The van der Waals surface area contributed by atoms with E-state index in [1.54, 1.807) is 7.11 Å². The molecule has 0 unspecified atom stereocenters. The van der Waals surface area contributed by atoms with Gasteiger partial charge in [0.1, 0.15) is 0 Å². The number of ether oxygens (including phenoxy) is 1. The van der Waals surface area contributed by atoms with E-state index in [1.807, 2.05) is 42.0 Å². The molecule has 0 spiro atoms. The van der Waals surface area contributed by atoms with Crippen LogP contribution in [0, 0.1) is 6.92 Å². The van der Waals surface area contributed by atoms with Crippen molar-refractivity contribution in [2.45, 2.75) is 6.92 Å². The molecule has 5 heteroatoms. The number of aromatic nitrogens is 2. The number of nitrogens with one attached hydrogen (secondary N) is 1. The second-order valence-electron chi connectivity index (χ2n) is 3.97. The molecule has 0 saturated carbocycles. The summed E-state index contributed by atoms with van der Waals surface area (Å²) < 4.78 is 8.13. The van der Waals surface area contributed by atoms with Crippen LogP contribution in [0.25, 0.3) is 5.69 Å². The summed E-state index contributed by atoms with van der Waals surface area (Å²) in [7, 11) is 1.69. The van der Waals surface area contributed by atoms with E-state index in [9.17, 15) is 0 Å². The maximum atomic E-state index is 5.03. The number of imidazole rings is 1. The lowest BCUT2D eigenvalue weighted by Crippen LogP contribution is -2.11. The van der Waals surface area contributed by atoms with E-state index in [0.29, 0.717) is 6.61 Å². The maximum Gasteiger partial charge on any atom is 0.207 e. The Bertz CT molecular complexity index is 507. The maximum absolute atomic E-state index is 5.03. The number of rotatable bonds is 5. The third-order valence-corrected chi connectivity index (χ3v) is 3.05. The minimum absolute atomic E-state index is 0.659. The van der Waals surface area contributed by atoms with Gasteiger partial charge >= 0.3 is 0 Å². The highest BCUT2D eigenvalue weighted by Gasteiger charge is 2.06. The van der Waals surface area contributed by atoms with Crippen molar-refractivity contribution in [1.29, 1.82) is 0 Å². The molecule has 96 valence electrons. The fourth-order valence-electron chi connectivity index (χ4n) is 1.69. The van der Waals surface area contributed by atoms with Crippen molar-refractivity contribution in [3.63, 3.8) is 0 Å². The van der Waals surface area contributed by atoms with Gasteiger partial charge < -0.3 is 10.1 Å². The second kappa shape index (κ2) is 6.02. The summed E-state index contributed by atoms with van der Waals surface area (Å²) in [6.07, 6.45) is 2.01. The molecule has 1 N–H and O–H groups in total. The molecular weight excluding hydrogens is 294 g/mol. The molecule has 0 atom stereocenters. The normalized spacial score (nSPS) is 10.6. The smallest absolute Gasteiger partial charge is 0.207 e. The molecule has 0 aliphatic heterocycles. The lowest BCUT2D eigenvalue weighted by molar-refractivity contribution is 0.210. The van der Waals surface area contributed by atoms with Crippen LogP contribution >= 0.6 is 15.9 Å². The molecule has 1 heterocycles. The van der Waals surface area contributed by atoms with Gasteiger partial charge in [-0.05, 0) is 31.2 Å². The van der Waals surface area contributed by atoms with Crippen molar-refractivity contribution in [3.8, 4) is 5.69 Å². The van der Waals surface area contributed by atoms with Crippen LogP contribution in [-0.4, -0.2) is 29.8 Å². The molecule has 0 saturated heterocycles. The van der Waals surface area contributed by atoms with E-state index in [-0.39, 0.29) is 0 Å². The SMILES string of the molecule is COCCNc1nc(C)cn1-c1ccc(Br)cc1. The van der Waals surface area contributed by atoms with Crippen molar-refractivity contribution >= 4 is 21.9 Å². The Kier molecular flexibility index (Phi) is 4.38. The van der Waals surface area contributed by atoms with Crippen molar-refractivity contribution < 1.29 is 4.74 Å². The fourth-order valence-corrected chi connectivity index (χ4v) is 1.95. The number of hydrogen-bond acceptors (Lipinski definition) is 3. The van der Waals surface area contributed by atoms with Crippen LogP contribution < -0.4 is 5.32 Å². The zero-order valence-corrected chi connectivity index (χ0v) is 12.1. The van der Waals surface area contributed by atoms with Gasteiger partial charge in [0.2, 0.25) is 5.95 Å². The van der Waals surface area contributed by atoms with E-state index in [1.165, 1.54) is 0 Å². The van der Waals surface area contributed by atoms with Gasteiger partial charge in [0.05, 0.1) is 12.3 Å². The molecule has 0 aliphatic rings. The predicted molar refractivity (Wildman–Crippen MR) is 76.4 cm³/mol. The summed E-state index contributed by atoms with van der Waals surface area (Å²) >= 11 is 3.44. The minimum Gasteiger partial charge on any atom is -0.383 e. The zero-order valence-electron chi connectivity index (χ0n) is 10.5. The lowest BCUT2D eigenvalue weighted by atomic mass is 10.3. The summed E-state index contributed by atoms with van der Waals surface area (Å²) in [5, 5.41) is 3.26. The summed E-state index contributed by atoms with van der Waals surface area (Å²) in [6.45, 7) is 3.38. The molecule has 2 aromatic rings. The summed E-state index contributed by atoms with van der Waals surface area (Å²) in [4.78, 5) is 4.47. The van der Waals surface area contributed by atoms with Crippen molar-refractivity contribution in [3.05, 3.63) is 40.6 Å². The summed E-state index contributed by atoms with van der Waals surface area (Å²) in [5.41, 5.74) is 2.07. The number of hydrogen-bond donors (Lipinski definition) is 1. The first-order valence-electron chi connectivity index (χ1n) is 5.75. The van der Waals surface area contributed by atoms with Crippen LogP contribution in [0.15, 0.2) is 34.9 Å². The van der Waals surface area contributed by atoms with Crippen molar-refractivity contribution in [2.75, 3.05) is 25.6 Å². The van der Waals surface area contributed by atoms with Gasteiger partial charge in [-0.3, -0.25) is 4.57 Å². The minimum atomic E-state index is 0.659. The predicted octanol–water partition coefficient (Wildman–Crippen LogP) is 3.00. The zero-order chi connectivity index (χ0) is 13.0. The van der Waals surface area contributed by atoms with Gasteiger partial charge in [-0.15, -0.1) is 0 Å². The van der Waals surface area contributed by atoms with Crippen LogP contribution in [-0.2, 0) is 4.74 Å². The third kappa shape index (κ3) is 3.11. The van der Waals surface area contributed by atoms with Gasteiger partial charge in [0, 0.05) is 30.0 Å². The molecule has 0 fully saturated rings. The van der Waals surface area contributed by atoms with Crippen LogP contribution in [0.3, 0.4) is 0 Å². The molecule has 0 bridgehead atoms. The average Bonchev–Trinajstić information content (AvgIpc) is 2.72. The third-order valence-electron chi connectivity index (χ3n) is 2.52. The number of methoxy groups -OCH3 is 1. The second-order valence-corrected chi connectivity index (χ2v) is 4.89. The summed E-state index contributed by atoms with van der Waals surface area (Å²) in [5.74, 6) is 0.840. The standard InChI is InChI=1S/C13H16BrN3O/c1-10-9-17(12-5-3-11(14)4-6-12)13(16-10)15-7-8-18-2/h3-6,9H,7-8H2,1-2H3,(H,15,16). The lowest BCUT2D eigenvalue weighted by Gasteiger charge is -2.09. The molecule has 4 nitrogen and oxygen atoms in total. The Hall–Kier alpha value is -1.33. The van der Waals surface area contributed by atoms with Crippen molar-refractivity contribution in [2.24, 2.45) is 0 Å². The van der Waals surface area contributed by atoms with E-state index >= 15 is 0 Å². The van der Waals surface area contributed by atoms with E-state index < -0.39 is 0 Å². The number of aryl methyl sites for hydroxylation is 1. The Labute approximate surface area is 115 Å².